The average molecular weight is 706 g/mol. The molecule has 6 heterocycles. The van der Waals surface area contributed by atoms with Gasteiger partial charge in [0.05, 0.1) is 38.3 Å². The first-order valence-electron chi connectivity index (χ1n) is 18.5. The average Bonchev–Trinajstić information content (AvgIpc) is 3.68. The summed E-state index contributed by atoms with van der Waals surface area (Å²) in [6.07, 6.45) is 8.82. The number of nitrogens with zero attached hydrogens (tertiary/aromatic N) is 8. The van der Waals surface area contributed by atoms with Crippen molar-refractivity contribution in [3.05, 3.63) is 102 Å². The molecule has 1 saturated heterocycles. The molecule has 0 aliphatic carbocycles. The first kappa shape index (κ1) is 35.8. The Bertz CT molecular complexity index is 1920. The molecule has 3 aliphatic rings. The number of methoxy groups -OCH3 is 1. The Hall–Kier alpha value is -4.62. The van der Waals surface area contributed by atoms with Crippen molar-refractivity contribution in [2.75, 3.05) is 67.1 Å². The number of benzene rings is 2. The minimum Gasteiger partial charge on any atom is -0.496 e. The Morgan fingerprint density at radius 3 is 2.75 bits per heavy atom. The maximum absolute atomic E-state index is 13.0. The van der Waals surface area contributed by atoms with Crippen molar-refractivity contribution in [1.82, 2.24) is 43.9 Å². The fourth-order valence-corrected chi connectivity index (χ4v) is 7.60. The van der Waals surface area contributed by atoms with Gasteiger partial charge in [0.25, 0.3) is 5.91 Å². The van der Waals surface area contributed by atoms with Crippen LogP contribution >= 0.6 is 0 Å². The number of fused-ring (bicyclic) bond motifs is 3. The Morgan fingerprint density at radius 2 is 1.92 bits per heavy atom. The maximum Gasteiger partial charge on any atom is 0.274 e. The van der Waals surface area contributed by atoms with Crippen molar-refractivity contribution in [3.63, 3.8) is 0 Å². The van der Waals surface area contributed by atoms with E-state index in [9.17, 15) is 4.79 Å². The second-order valence-electron chi connectivity index (χ2n) is 14.2. The van der Waals surface area contributed by atoms with Gasteiger partial charge in [-0.3, -0.25) is 14.1 Å². The summed E-state index contributed by atoms with van der Waals surface area (Å²) in [5, 5.41) is 3.29. The van der Waals surface area contributed by atoms with Gasteiger partial charge in [-0.25, -0.2) is 15.0 Å². The van der Waals surface area contributed by atoms with Gasteiger partial charge >= 0.3 is 0 Å². The smallest absolute Gasteiger partial charge is 0.274 e. The number of carbonyl (C=O) groups is 1. The molecule has 3 aliphatic heterocycles. The molecule has 0 saturated carbocycles. The number of rotatable bonds is 7. The highest BCUT2D eigenvalue weighted by atomic mass is 16.5. The molecule has 274 valence electrons. The molecule has 8 rings (SSSR count). The van der Waals surface area contributed by atoms with Crippen LogP contribution in [0, 0.1) is 5.92 Å². The van der Waals surface area contributed by atoms with Crippen LogP contribution in [0.4, 0.5) is 0 Å². The van der Waals surface area contributed by atoms with Gasteiger partial charge in [-0.1, -0.05) is 42.5 Å². The monoisotopic (exact) mass is 705 g/mol. The lowest BCUT2D eigenvalue weighted by Gasteiger charge is -2.26. The molecule has 5 aromatic rings. The van der Waals surface area contributed by atoms with E-state index in [4.69, 9.17) is 14.5 Å². The molecule has 12 nitrogen and oxygen atoms in total. The summed E-state index contributed by atoms with van der Waals surface area (Å²) < 4.78 is 15.6. The molecule has 52 heavy (non-hydrogen) atoms. The van der Waals surface area contributed by atoms with Gasteiger partial charge in [-0.15, -0.1) is 0 Å². The minimum absolute atomic E-state index is 0.0255. The standard InChI is InChI=1S/C21H27N5O.C19H24N4O2/c1-24(2)13-17-14-25(11-12-27-16-17)15-19-20(18-7-4-3-5-8-18)23-21-22-9-6-10-26(19)21;1-25-17-7-4-5-14-12-23(9-3-2-6-15(14)17)19(24)16-13-22-10-8-20-11-18(22)21-16/h3-10,17H,11-16H2,1-2H3;4-5,7,13,20H,2-3,6,8-12H2,1H3. The Labute approximate surface area is 306 Å². The minimum atomic E-state index is 0.0255. The zero-order valence-corrected chi connectivity index (χ0v) is 30.7. The molecule has 3 aromatic heterocycles. The fraction of sp³-hybridized carbons (Fsp3) is 0.450. The Balaban J connectivity index is 0.000000162. The van der Waals surface area contributed by atoms with Gasteiger partial charge in [0.1, 0.15) is 17.3 Å². The van der Waals surface area contributed by atoms with E-state index in [1.807, 2.05) is 35.4 Å². The fourth-order valence-electron chi connectivity index (χ4n) is 7.60. The molecular formula is C40H51N9O3. The van der Waals surface area contributed by atoms with E-state index in [1.54, 1.807) is 13.3 Å². The zero-order chi connectivity index (χ0) is 35.9. The molecule has 0 spiro atoms. The molecule has 1 fully saturated rings. The number of carbonyl (C=O) groups excluding carboxylic acids is 1. The van der Waals surface area contributed by atoms with E-state index < -0.39 is 0 Å². The summed E-state index contributed by atoms with van der Waals surface area (Å²) in [6, 6.07) is 18.5. The third kappa shape index (κ3) is 8.36. The molecule has 1 atom stereocenters. The molecule has 1 unspecified atom stereocenters. The molecule has 12 heteroatoms. The summed E-state index contributed by atoms with van der Waals surface area (Å²) in [6.45, 7) is 9.36. The van der Waals surface area contributed by atoms with Crippen LogP contribution in [0.5, 0.6) is 5.75 Å². The van der Waals surface area contributed by atoms with E-state index in [-0.39, 0.29) is 5.91 Å². The van der Waals surface area contributed by atoms with Crippen molar-refractivity contribution >= 4 is 11.7 Å². The summed E-state index contributed by atoms with van der Waals surface area (Å²) >= 11 is 0. The van der Waals surface area contributed by atoms with E-state index in [2.05, 4.69) is 84.7 Å². The second-order valence-corrected chi connectivity index (χ2v) is 14.2. The summed E-state index contributed by atoms with van der Waals surface area (Å²) in [5.41, 5.74) is 6.31. The van der Waals surface area contributed by atoms with E-state index >= 15 is 0 Å². The Morgan fingerprint density at radius 1 is 1.04 bits per heavy atom. The van der Waals surface area contributed by atoms with E-state index in [0.29, 0.717) is 18.2 Å². The van der Waals surface area contributed by atoms with E-state index in [1.165, 1.54) is 16.8 Å². The van der Waals surface area contributed by atoms with Crippen LogP contribution in [0.3, 0.4) is 0 Å². The van der Waals surface area contributed by atoms with Crippen molar-refractivity contribution < 1.29 is 14.3 Å². The highest BCUT2D eigenvalue weighted by Gasteiger charge is 2.25. The van der Waals surface area contributed by atoms with Gasteiger partial charge in [-0.2, -0.15) is 0 Å². The first-order chi connectivity index (χ1) is 25.5. The van der Waals surface area contributed by atoms with Crippen LogP contribution in [0.15, 0.2) is 73.2 Å². The lowest BCUT2D eigenvalue weighted by atomic mass is 9.98. The lowest BCUT2D eigenvalue weighted by Crippen LogP contribution is -2.34. The topological polar surface area (TPSA) is 105 Å². The normalized spacial score (nSPS) is 18.1. The summed E-state index contributed by atoms with van der Waals surface area (Å²) in [4.78, 5) is 33.5. The number of hydrogen-bond donors (Lipinski definition) is 1. The lowest BCUT2D eigenvalue weighted by molar-refractivity contribution is 0.0731. The number of nitrogens with one attached hydrogen (secondary N) is 1. The zero-order valence-electron chi connectivity index (χ0n) is 30.7. The molecule has 1 N–H and O–H groups in total. The van der Waals surface area contributed by atoms with Crippen molar-refractivity contribution in [2.45, 2.75) is 45.4 Å². The number of ether oxygens (including phenoxy) is 2. The molecule has 2 aromatic carbocycles. The van der Waals surface area contributed by atoms with Crippen LogP contribution in [0.25, 0.3) is 17.0 Å². The quantitative estimate of drug-likeness (QED) is 0.264. The molecule has 1 amide bonds. The van der Waals surface area contributed by atoms with Crippen LogP contribution in [-0.4, -0.2) is 112 Å². The number of aromatic nitrogens is 5. The van der Waals surface area contributed by atoms with Gasteiger partial charge in [0, 0.05) is 82.4 Å². The van der Waals surface area contributed by atoms with Crippen molar-refractivity contribution in [2.24, 2.45) is 5.92 Å². The highest BCUT2D eigenvalue weighted by molar-refractivity contribution is 5.92. The van der Waals surface area contributed by atoms with Gasteiger partial charge < -0.3 is 29.2 Å². The Kier molecular flexibility index (Phi) is 11.6. The third-order valence-corrected chi connectivity index (χ3v) is 10.1. The third-order valence-electron chi connectivity index (χ3n) is 10.1. The summed E-state index contributed by atoms with van der Waals surface area (Å²) in [7, 11) is 5.96. The second kappa shape index (κ2) is 16.8. The summed E-state index contributed by atoms with van der Waals surface area (Å²) in [5.74, 6) is 3.17. The predicted octanol–water partition coefficient (Wildman–Crippen LogP) is 4.38. The van der Waals surface area contributed by atoms with Crippen LogP contribution in [-0.2, 0) is 37.3 Å². The first-order valence-corrected chi connectivity index (χ1v) is 18.5. The number of hydrogen-bond acceptors (Lipinski definition) is 9. The number of imidazole rings is 2. The van der Waals surface area contributed by atoms with Crippen LogP contribution < -0.4 is 10.1 Å². The van der Waals surface area contributed by atoms with Gasteiger partial charge in [0.15, 0.2) is 0 Å². The van der Waals surface area contributed by atoms with Gasteiger partial charge in [-0.05, 0) is 56.6 Å². The van der Waals surface area contributed by atoms with Crippen molar-refractivity contribution in [1.29, 1.82) is 0 Å². The van der Waals surface area contributed by atoms with Crippen LogP contribution in [0.2, 0.25) is 0 Å². The SMILES string of the molecule is CN(C)CC1COCCN(Cc2c(-c3ccccc3)nc3ncccn23)C1.COc1cccc2c1CCCCN(C(=O)c1cn3c(n1)CNCC3)C2. The van der Waals surface area contributed by atoms with E-state index in [0.717, 1.165) is 113 Å². The molecule has 0 bridgehead atoms. The number of amides is 1. The molecular weight excluding hydrogens is 654 g/mol. The predicted molar refractivity (Wildman–Crippen MR) is 201 cm³/mol. The largest absolute Gasteiger partial charge is 0.496 e. The molecule has 0 radical (unpaired) electrons. The van der Waals surface area contributed by atoms with Gasteiger partial charge in [0.2, 0.25) is 5.78 Å². The highest BCUT2D eigenvalue weighted by Crippen LogP contribution is 2.28. The van der Waals surface area contributed by atoms with Crippen LogP contribution in [0.1, 0.15) is 46.0 Å². The van der Waals surface area contributed by atoms with Crippen molar-refractivity contribution in [3.8, 4) is 17.0 Å². The maximum atomic E-state index is 13.0.